The third kappa shape index (κ3) is 2.10. The minimum Gasteiger partial charge on any atom is -0.355 e. The Bertz CT molecular complexity index is 825. The topological polar surface area (TPSA) is 49.3 Å². The van der Waals surface area contributed by atoms with Gasteiger partial charge in [0.2, 0.25) is 5.91 Å². The number of carbonyl (C=O) groups is 1. The van der Waals surface area contributed by atoms with Gasteiger partial charge in [-0.25, -0.2) is 9.97 Å². The highest BCUT2D eigenvalue weighted by molar-refractivity contribution is 6.53. The maximum absolute atomic E-state index is 13.0. The van der Waals surface area contributed by atoms with E-state index in [0.717, 1.165) is 11.0 Å². The molecule has 4 rings (SSSR count). The standard InChI is InChI=1S/C16H16Cl2N4O/c1-15(9-16(15,17)18)14(23)22-8-7-21(2)12-13(22)20-11-6-4-3-5-10(11)19-12/h3-6H,7-9H2,1-2H3. The molecule has 1 unspecified atom stereocenters. The summed E-state index contributed by atoms with van der Waals surface area (Å²) in [5, 5.41) is 0. The molecule has 1 aromatic carbocycles. The first kappa shape index (κ1) is 15.0. The molecule has 2 aromatic rings. The molecule has 0 radical (unpaired) electrons. The maximum Gasteiger partial charge on any atom is 0.237 e. The summed E-state index contributed by atoms with van der Waals surface area (Å²) < 4.78 is -0.988. The number of carbonyl (C=O) groups excluding carboxylic acids is 1. The van der Waals surface area contributed by atoms with Gasteiger partial charge in [0.15, 0.2) is 11.6 Å². The number of aromatic nitrogens is 2. The number of benzene rings is 1. The summed E-state index contributed by atoms with van der Waals surface area (Å²) in [5.41, 5.74) is 0.828. The Labute approximate surface area is 144 Å². The number of likely N-dealkylation sites (N-methyl/N-ethyl adjacent to an activating group) is 1. The van der Waals surface area contributed by atoms with E-state index in [1.807, 2.05) is 43.1 Å². The molecule has 5 nitrogen and oxygen atoms in total. The van der Waals surface area contributed by atoms with E-state index in [1.165, 1.54) is 0 Å². The Morgan fingerprint density at radius 3 is 2.26 bits per heavy atom. The van der Waals surface area contributed by atoms with Gasteiger partial charge in [0.05, 0.1) is 16.4 Å². The van der Waals surface area contributed by atoms with E-state index in [4.69, 9.17) is 23.2 Å². The molecule has 1 atom stereocenters. The predicted molar refractivity (Wildman–Crippen MR) is 92.3 cm³/mol. The largest absolute Gasteiger partial charge is 0.355 e. The normalized spacial score (nSPS) is 25.4. The molecule has 1 aliphatic heterocycles. The van der Waals surface area contributed by atoms with Crippen LogP contribution in [0.4, 0.5) is 11.6 Å². The van der Waals surface area contributed by atoms with Gasteiger partial charge in [0.25, 0.3) is 0 Å². The summed E-state index contributed by atoms with van der Waals surface area (Å²) in [4.78, 5) is 26.0. The van der Waals surface area contributed by atoms with Gasteiger partial charge in [0, 0.05) is 20.1 Å². The zero-order valence-electron chi connectivity index (χ0n) is 12.9. The highest BCUT2D eigenvalue weighted by Crippen LogP contribution is 2.64. The second-order valence-electron chi connectivity index (χ2n) is 6.45. The predicted octanol–water partition coefficient (Wildman–Crippen LogP) is 3.00. The third-order valence-electron chi connectivity index (χ3n) is 4.79. The van der Waals surface area contributed by atoms with Gasteiger partial charge in [0.1, 0.15) is 4.33 Å². The molecule has 1 aromatic heterocycles. The Hall–Kier alpha value is -1.59. The summed E-state index contributed by atoms with van der Waals surface area (Å²) in [6, 6.07) is 7.65. The third-order valence-corrected chi connectivity index (χ3v) is 5.89. The number of para-hydroxylation sites is 2. The van der Waals surface area contributed by atoms with E-state index >= 15 is 0 Å². The van der Waals surface area contributed by atoms with E-state index in [1.54, 1.807) is 4.90 Å². The van der Waals surface area contributed by atoms with Gasteiger partial charge in [-0.15, -0.1) is 23.2 Å². The maximum atomic E-state index is 13.0. The Balaban J connectivity index is 1.82. The van der Waals surface area contributed by atoms with Crippen molar-refractivity contribution in [3.63, 3.8) is 0 Å². The summed E-state index contributed by atoms with van der Waals surface area (Å²) in [6.07, 6.45) is 0.463. The van der Waals surface area contributed by atoms with Crippen LogP contribution in [0, 0.1) is 5.41 Å². The van der Waals surface area contributed by atoms with Crippen molar-refractivity contribution in [3.8, 4) is 0 Å². The SMILES string of the molecule is CN1CCN(C(=O)C2(C)CC2(Cl)Cl)c2nc3ccccc3nc21. The van der Waals surface area contributed by atoms with Gasteiger partial charge >= 0.3 is 0 Å². The zero-order valence-corrected chi connectivity index (χ0v) is 14.4. The second kappa shape index (κ2) is 4.71. The van der Waals surface area contributed by atoms with E-state index < -0.39 is 9.75 Å². The average molecular weight is 351 g/mol. The molecule has 0 bridgehead atoms. The van der Waals surface area contributed by atoms with Crippen molar-refractivity contribution in [1.29, 1.82) is 0 Å². The fourth-order valence-corrected chi connectivity index (χ4v) is 3.70. The quantitative estimate of drug-likeness (QED) is 0.741. The molecular formula is C16H16Cl2N4O. The number of rotatable bonds is 1. The fourth-order valence-electron chi connectivity index (χ4n) is 3.01. The van der Waals surface area contributed by atoms with Gasteiger partial charge in [-0.3, -0.25) is 9.69 Å². The van der Waals surface area contributed by atoms with Crippen molar-refractivity contribution in [2.45, 2.75) is 17.7 Å². The number of hydrogen-bond donors (Lipinski definition) is 0. The van der Waals surface area contributed by atoms with Crippen molar-refractivity contribution >= 4 is 51.8 Å². The molecule has 2 heterocycles. The van der Waals surface area contributed by atoms with Crippen LogP contribution in [0.1, 0.15) is 13.3 Å². The molecule has 0 spiro atoms. The van der Waals surface area contributed by atoms with Crippen LogP contribution >= 0.6 is 23.2 Å². The van der Waals surface area contributed by atoms with Crippen LogP contribution in [0.3, 0.4) is 0 Å². The molecule has 0 saturated heterocycles. The van der Waals surface area contributed by atoms with Gasteiger partial charge in [-0.1, -0.05) is 12.1 Å². The molecule has 2 aliphatic rings. The Morgan fingerprint density at radius 1 is 1.13 bits per heavy atom. The van der Waals surface area contributed by atoms with Crippen LogP contribution in [-0.2, 0) is 4.79 Å². The molecule has 1 aliphatic carbocycles. The van der Waals surface area contributed by atoms with Gasteiger partial charge in [-0.05, 0) is 25.5 Å². The molecular weight excluding hydrogens is 335 g/mol. The van der Waals surface area contributed by atoms with Gasteiger partial charge in [-0.2, -0.15) is 0 Å². The van der Waals surface area contributed by atoms with Crippen molar-refractivity contribution in [1.82, 2.24) is 9.97 Å². The highest BCUT2D eigenvalue weighted by atomic mass is 35.5. The van der Waals surface area contributed by atoms with Crippen molar-refractivity contribution < 1.29 is 4.79 Å². The van der Waals surface area contributed by atoms with Gasteiger partial charge < -0.3 is 4.90 Å². The van der Waals surface area contributed by atoms with Crippen LogP contribution in [0.2, 0.25) is 0 Å². The van der Waals surface area contributed by atoms with Crippen molar-refractivity contribution in [2.75, 3.05) is 29.9 Å². The molecule has 1 fully saturated rings. The molecule has 23 heavy (non-hydrogen) atoms. The van der Waals surface area contributed by atoms with Crippen LogP contribution in [-0.4, -0.2) is 40.3 Å². The first-order chi connectivity index (χ1) is 10.8. The Morgan fingerprint density at radius 2 is 1.70 bits per heavy atom. The zero-order chi connectivity index (χ0) is 16.4. The first-order valence-corrected chi connectivity index (χ1v) is 8.27. The van der Waals surface area contributed by atoms with Crippen molar-refractivity contribution in [2.24, 2.45) is 5.41 Å². The lowest BCUT2D eigenvalue weighted by atomic mass is 10.1. The summed E-state index contributed by atoms with van der Waals surface area (Å²) in [6.45, 7) is 3.05. The number of fused-ring (bicyclic) bond motifs is 2. The average Bonchev–Trinajstić information content (AvgIpc) is 3.05. The first-order valence-electron chi connectivity index (χ1n) is 7.51. The number of halogens is 2. The number of hydrogen-bond acceptors (Lipinski definition) is 4. The monoisotopic (exact) mass is 350 g/mol. The lowest BCUT2D eigenvalue weighted by Crippen LogP contribution is -2.47. The fraction of sp³-hybridized carbons (Fsp3) is 0.438. The van der Waals surface area contributed by atoms with Crippen LogP contribution in [0.25, 0.3) is 11.0 Å². The summed E-state index contributed by atoms with van der Waals surface area (Å²) in [7, 11) is 1.95. The number of anilines is 2. The lowest BCUT2D eigenvalue weighted by Gasteiger charge is -2.35. The minimum absolute atomic E-state index is 0.0820. The second-order valence-corrected chi connectivity index (χ2v) is 7.94. The molecule has 0 N–H and O–H groups in total. The molecule has 1 saturated carbocycles. The smallest absolute Gasteiger partial charge is 0.237 e. The van der Waals surface area contributed by atoms with E-state index in [0.29, 0.717) is 31.1 Å². The van der Waals surface area contributed by atoms with Crippen LogP contribution < -0.4 is 9.80 Å². The number of nitrogens with zero attached hydrogens (tertiary/aromatic N) is 4. The van der Waals surface area contributed by atoms with E-state index in [-0.39, 0.29) is 5.91 Å². The molecule has 7 heteroatoms. The summed E-state index contributed by atoms with van der Waals surface area (Å²) >= 11 is 12.4. The Kier molecular flexibility index (Phi) is 3.06. The van der Waals surface area contributed by atoms with E-state index in [2.05, 4.69) is 9.97 Å². The van der Waals surface area contributed by atoms with E-state index in [9.17, 15) is 4.79 Å². The molecule has 120 valence electrons. The number of amides is 1. The molecule has 1 amide bonds. The minimum atomic E-state index is -0.988. The van der Waals surface area contributed by atoms with Crippen molar-refractivity contribution in [3.05, 3.63) is 24.3 Å². The van der Waals surface area contributed by atoms with Crippen LogP contribution in [0.15, 0.2) is 24.3 Å². The summed E-state index contributed by atoms with van der Waals surface area (Å²) in [5.74, 6) is 1.21. The lowest BCUT2D eigenvalue weighted by molar-refractivity contribution is -0.123. The number of alkyl halides is 2. The highest BCUT2D eigenvalue weighted by Gasteiger charge is 2.69. The van der Waals surface area contributed by atoms with Crippen LogP contribution in [0.5, 0.6) is 0 Å².